The van der Waals surface area contributed by atoms with Gasteiger partial charge in [0.25, 0.3) is 0 Å². The van der Waals surface area contributed by atoms with Gasteiger partial charge < -0.3 is 8.80 Å². The topological polar surface area (TPSA) is 47.5 Å². The predicted octanol–water partition coefficient (Wildman–Crippen LogP) is 12.8. The van der Waals surface area contributed by atoms with Crippen LogP contribution >= 0.6 is 0 Å². The Hall–Kier alpha value is -7.63. The maximum Gasteiger partial charge on any atom is 0.164 e. The van der Waals surface area contributed by atoms with E-state index in [-0.39, 0.29) is 0 Å². The van der Waals surface area contributed by atoms with Gasteiger partial charge in [-0.2, -0.15) is 0 Å². The maximum atomic E-state index is 5.09. The minimum atomic E-state index is 0.651. The zero-order valence-electron chi connectivity index (χ0n) is 30.0. The summed E-state index contributed by atoms with van der Waals surface area (Å²) < 4.78 is 4.88. The van der Waals surface area contributed by atoms with Crippen LogP contribution in [0, 0.1) is 0 Å². The molecule has 0 saturated heterocycles. The van der Waals surface area contributed by atoms with Gasteiger partial charge in [0.05, 0.1) is 33.1 Å². The van der Waals surface area contributed by atoms with Crippen molar-refractivity contribution in [3.8, 4) is 45.3 Å². The molecule has 0 radical (unpaired) electrons. The molecule has 258 valence electrons. The van der Waals surface area contributed by atoms with Crippen LogP contribution in [0.3, 0.4) is 0 Å². The lowest BCUT2D eigenvalue weighted by Crippen LogP contribution is -2.00. The van der Waals surface area contributed by atoms with Crippen molar-refractivity contribution in [3.63, 3.8) is 0 Å². The van der Waals surface area contributed by atoms with Gasteiger partial charge in [-0.1, -0.05) is 115 Å². The Morgan fingerprint density at radius 1 is 0.250 bits per heavy atom. The molecule has 0 aliphatic rings. The molecule has 0 saturated carbocycles. The van der Waals surface area contributed by atoms with Crippen molar-refractivity contribution in [1.82, 2.24) is 23.8 Å². The first kappa shape index (κ1) is 29.8. The van der Waals surface area contributed by atoms with Gasteiger partial charge in [-0.15, -0.1) is 0 Å². The van der Waals surface area contributed by atoms with Crippen LogP contribution in [0.15, 0.2) is 176 Å². The van der Waals surface area contributed by atoms with Crippen molar-refractivity contribution in [2.45, 2.75) is 0 Å². The van der Waals surface area contributed by atoms with Crippen molar-refractivity contribution in [3.05, 3.63) is 176 Å². The van der Waals surface area contributed by atoms with E-state index in [4.69, 9.17) is 15.0 Å². The largest absolute Gasteiger partial charge is 0.308 e. The van der Waals surface area contributed by atoms with E-state index in [1.54, 1.807) is 0 Å². The fourth-order valence-electron chi connectivity index (χ4n) is 9.36. The number of nitrogens with zero attached hydrogens (tertiary/aromatic N) is 5. The zero-order valence-corrected chi connectivity index (χ0v) is 30.0. The first-order valence-electron chi connectivity index (χ1n) is 19.0. The average Bonchev–Trinajstić information content (AvgIpc) is 4.00. The highest BCUT2D eigenvalue weighted by Crippen LogP contribution is 2.45. The number of hydrogen-bond acceptors (Lipinski definition) is 3. The number of hydrogen-bond donors (Lipinski definition) is 0. The monoisotopic (exact) mass is 711 g/mol. The summed E-state index contributed by atoms with van der Waals surface area (Å²) in [4.78, 5) is 15.1. The SMILES string of the molecule is c1ccc(-c2nc(-c3ccccc3)nc(-c3ccc4c(c3)c3cc(-c5cc6c7ccccc7n7c8ccccc8c(c5)c67)cc5c6ccccc6n4c53)n2)cc1. The summed E-state index contributed by atoms with van der Waals surface area (Å²) in [6.07, 6.45) is 0. The molecule has 0 amide bonds. The van der Waals surface area contributed by atoms with Crippen LogP contribution < -0.4 is 0 Å². The summed E-state index contributed by atoms with van der Waals surface area (Å²) in [7, 11) is 0. The molecule has 0 N–H and O–H groups in total. The van der Waals surface area contributed by atoms with E-state index in [9.17, 15) is 0 Å². The molecule has 5 aromatic heterocycles. The molecule has 0 aliphatic heterocycles. The Labute approximate surface area is 320 Å². The molecule has 0 bridgehead atoms. The van der Waals surface area contributed by atoms with Crippen LogP contribution in [0.1, 0.15) is 0 Å². The number of para-hydroxylation sites is 3. The molecule has 5 heterocycles. The van der Waals surface area contributed by atoms with E-state index in [0.29, 0.717) is 17.5 Å². The van der Waals surface area contributed by atoms with Gasteiger partial charge in [0.2, 0.25) is 0 Å². The summed E-state index contributed by atoms with van der Waals surface area (Å²) in [5.74, 6) is 1.96. The molecule has 13 rings (SSSR count). The van der Waals surface area contributed by atoms with E-state index >= 15 is 0 Å². The minimum absolute atomic E-state index is 0.651. The van der Waals surface area contributed by atoms with Crippen LogP contribution in [0.4, 0.5) is 0 Å². The molecule has 8 aromatic carbocycles. The van der Waals surface area contributed by atoms with Crippen LogP contribution in [-0.2, 0) is 0 Å². The smallest absolute Gasteiger partial charge is 0.164 e. The van der Waals surface area contributed by atoms with Gasteiger partial charge in [-0.3, -0.25) is 0 Å². The summed E-state index contributed by atoms with van der Waals surface area (Å²) in [5.41, 5.74) is 12.7. The third-order valence-electron chi connectivity index (χ3n) is 11.8. The number of aromatic nitrogens is 5. The molecular weight excluding hydrogens is 683 g/mol. The second-order valence-electron chi connectivity index (χ2n) is 14.8. The molecule has 56 heavy (non-hydrogen) atoms. The summed E-state index contributed by atoms with van der Waals surface area (Å²) in [5, 5.41) is 10.0. The number of benzene rings is 8. The quantitative estimate of drug-likeness (QED) is 0.183. The van der Waals surface area contributed by atoms with Crippen molar-refractivity contribution < 1.29 is 0 Å². The summed E-state index contributed by atoms with van der Waals surface area (Å²) in [6, 6.07) is 63.0. The van der Waals surface area contributed by atoms with E-state index in [2.05, 4.69) is 148 Å². The first-order chi connectivity index (χ1) is 27.8. The van der Waals surface area contributed by atoms with Crippen LogP contribution in [0.5, 0.6) is 0 Å². The third kappa shape index (κ3) is 4.01. The van der Waals surface area contributed by atoms with Gasteiger partial charge in [-0.05, 0) is 71.8 Å². The molecule has 0 aliphatic carbocycles. The van der Waals surface area contributed by atoms with Crippen molar-refractivity contribution in [1.29, 1.82) is 0 Å². The van der Waals surface area contributed by atoms with Crippen LogP contribution in [0.25, 0.3) is 121 Å². The Kier molecular flexibility index (Phi) is 5.83. The van der Waals surface area contributed by atoms with Crippen molar-refractivity contribution in [2.75, 3.05) is 0 Å². The molecule has 0 unspecified atom stereocenters. The lowest BCUT2D eigenvalue weighted by Gasteiger charge is -2.09. The lowest BCUT2D eigenvalue weighted by atomic mass is 9.96. The van der Waals surface area contributed by atoms with E-state index in [1.807, 2.05) is 36.4 Å². The lowest BCUT2D eigenvalue weighted by molar-refractivity contribution is 1.07. The standard InChI is InChI=1S/C51H29N5/c1-3-13-30(14-4-1)49-52-50(31-15-5-2-6-16-31)54-51(53-49)32-23-24-46-38(25-32)42-29-34(28-41-37-19-9-12-22-45(37)56(46)48(41)42)33-26-39-35-17-7-10-20-43(35)55-44-21-11-8-18-36(44)40(27-33)47(39)55/h1-29H. The summed E-state index contributed by atoms with van der Waals surface area (Å²) >= 11 is 0. The van der Waals surface area contributed by atoms with E-state index in [0.717, 1.165) is 16.7 Å². The molecular formula is C51H29N5. The molecule has 5 heteroatoms. The van der Waals surface area contributed by atoms with Crippen LogP contribution in [-0.4, -0.2) is 23.8 Å². The first-order valence-corrected chi connectivity index (χ1v) is 19.0. The zero-order chi connectivity index (χ0) is 36.5. The predicted molar refractivity (Wildman–Crippen MR) is 231 cm³/mol. The Balaban J connectivity index is 1.09. The van der Waals surface area contributed by atoms with Gasteiger partial charge in [0.15, 0.2) is 17.5 Å². The third-order valence-corrected chi connectivity index (χ3v) is 11.8. The van der Waals surface area contributed by atoms with Gasteiger partial charge in [0, 0.05) is 59.8 Å². The average molecular weight is 712 g/mol. The van der Waals surface area contributed by atoms with Gasteiger partial charge in [-0.25, -0.2) is 15.0 Å². The highest BCUT2D eigenvalue weighted by atomic mass is 15.0. The second-order valence-corrected chi connectivity index (χ2v) is 14.8. The Morgan fingerprint density at radius 3 is 1.04 bits per heavy atom. The van der Waals surface area contributed by atoms with Crippen molar-refractivity contribution in [2.24, 2.45) is 0 Å². The molecule has 0 atom stereocenters. The van der Waals surface area contributed by atoms with E-state index < -0.39 is 0 Å². The minimum Gasteiger partial charge on any atom is -0.308 e. The molecule has 5 nitrogen and oxygen atoms in total. The fourth-order valence-corrected chi connectivity index (χ4v) is 9.36. The van der Waals surface area contributed by atoms with Gasteiger partial charge in [0.1, 0.15) is 0 Å². The highest BCUT2D eigenvalue weighted by molar-refractivity contribution is 6.27. The number of rotatable bonds is 4. The molecule has 0 spiro atoms. The van der Waals surface area contributed by atoms with E-state index in [1.165, 1.54) is 87.3 Å². The maximum absolute atomic E-state index is 5.09. The normalized spacial score (nSPS) is 12.3. The Bertz CT molecular complexity index is 3550. The van der Waals surface area contributed by atoms with Crippen LogP contribution in [0.2, 0.25) is 0 Å². The number of fused-ring (bicyclic) bond motifs is 12. The highest BCUT2D eigenvalue weighted by Gasteiger charge is 2.23. The molecule has 0 fully saturated rings. The molecule has 13 aromatic rings. The fraction of sp³-hybridized carbons (Fsp3) is 0. The second kappa shape index (κ2) is 11.0. The Morgan fingerprint density at radius 2 is 0.589 bits per heavy atom. The van der Waals surface area contributed by atoms with Gasteiger partial charge >= 0.3 is 0 Å². The summed E-state index contributed by atoms with van der Waals surface area (Å²) in [6.45, 7) is 0. The van der Waals surface area contributed by atoms with Crippen molar-refractivity contribution >= 4 is 76.2 Å².